The molecule has 18 heavy (non-hydrogen) atoms. The molecular weight excluding hydrogens is 228 g/mol. The zero-order chi connectivity index (χ0) is 12.8. The number of Topliss-reactive ketones (excluding diaryl/α,β-unsaturated/α-hetero) is 1. The molecule has 2 atom stereocenters. The van der Waals surface area contributed by atoms with Gasteiger partial charge in [-0.2, -0.15) is 4.98 Å². The van der Waals surface area contributed by atoms with Crippen LogP contribution in [-0.4, -0.2) is 15.9 Å². The minimum atomic E-state index is 0.110. The number of ketones is 1. The first-order valence-corrected chi connectivity index (χ1v) is 6.91. The quantitative estimate of drug-likeness (QED) is 0.825. The fourth-order valence-electron chi connectivity index (χ4n) is 2.88. The van der Waals surface area contributed by atoms with Crippen molar-refractivity contribution in [2.24, 2.45) is 11.3 Å². The van der Waals surface area contributed by atoms with Gasteiger partial charge in [0, 0.05) is 24.7 Å². The highest BCUT2D eigenvalue weighted by molar-refractivity contribution is 5.81. The fraction of sp³-hybridized carbons (Fsp3) is 0.786. The Hall–Kier alpha value is -1.19. The molecule has 2 unspecified atom stereocenters. The van der Waals surface area contributed by atoms with E-state index in [9.17, 15) is 4.79 Å². The van der Waals surface area contributed by atoms with Crippen molar-refractivity contribution in [3.8, 4) is 0 Å². The van der Waals surface area contributed by atoms with E-state index in [4.69, 9.17) is 4.52 Å². The summed E-state index contributed by atoms with van der Waals surface area (Å²) in [5.41, 5.74) is 0.321. The topological polar surface area (TPSA) is 56.0 Å². The van der Waals surface area contributed by atoms with Gasteiger partial charge in [0.1, 0.15) is 5.78 Å². The molecule has 1 heterocycles. The van der Waals surface area contributed by atoms with Crippen LogP contribution >= 0.6 is 0 Å². The number of hydrogen-bond acceptors (Lipinski definition) is 4. The third-order valence-corrected chi connectivity index (χ3v) is 4.41. The highest BCUT2D eigenvalue weighted by Gasteiger charge is 2.49. The third kappa shape index (κ3) is 2.20. The van der Waals surface area contributed by atoms with Crippen LogP contribution in [0, 0.1) is 11.3 Å². The van der Waals surface area contributed by atoms with E-state index >= 15 is 0 Å². The molecule has 0 N–H and O–H groups in total. The van der Waals surface area contributed by atoms with Crippen LogP contribution in [0.15, 0.2) is 4.52 Å². The van der Waals surface area contributed by atoms with Crippen molar-refractivity contribution in [2.75, 3.05) is 0 Å². The van der Waals surface area contributed by atoms with Crippen molar-refractivity contribution in [3.05, 3.63) is 11.7 Å². The number of aromatic nitrogens is 2. The van der Waals surface area contributed by atoms with E-state index in [1.807, 2.05) is 0 Å². The summed E-state index contributed by atoms with van der Waals surface area (Å²) in [6.45, 7) is 4.44. The van der Waals surface area contributed by atoms with Gasteiger partial charge in [-0.1, -0.05) is 25.4 Å². The molecule has 4 heteroatoms. The van der Waals surface area contributed by atoms with Gasteiger partial charge in [-0.05, 0) is 24.7 Å². The Labute approximate surface area is 107 Å². The van der Waals surface area contributed by atoms with Gasteiger partial charge in [0.2, 0.25) is 5.89 Å². The van der Waals surface area contributed by atoms with E-state index in [-0.39, 0.29) is 5.92 Å². The molecule has 0 saturated heterocycles. The normalized spacial score (nSPS) is 30.4. The van der Waals surface area contributed by atoms with Crippen LogP contribution in [0.4, 0.5) is 0 Å². The van der Waals surface area contributed by atoms with E-state index in [1.165, 1.54) is 0 Å². The Kier molecular flexibility index (Phi) is 2.76. The van der Waals surface area contributed by atoms with Gasteiger partial charge < -0.3 is 4.52 Å². The molecule has 0 spiro atoms. The lowest BCUT2D eigenvalue weighted by molar-refractivity contribution is -0.124. The van der Waals surface area contributed by atoms with E-state index in [1.54, 1.807) is 0 Å². The van der Waals surface area contributed by atoms with Crippen LogP contribution < -0.4 is 0 Å². The van der Waals surface area contributed by atoms with Crippen LogP contribution in [0.2, 0.25) is 0 Å². The Morgan fingerprint density at radius 2 is 2.17 bits per heavy atom. The fourth-order valence-corrected chi connectivity index (χ4v) is 2.88. The first-order chi connectivity index (χ1) is 8.56. The largest absolute Gasteiger partial charge is 0.339 e. The van der Waals surface area contributed by atoms with E-state index in [0.717, 1.165) is 37.9 Å². The average Bonchev–Trinajstić information content (AvgIpc) is 2.75. The van der Waals surface area contributed by atoms with Gasteiger partial charge in [0.15, 0.2) is 5.82 Å². The van der Waals surface area contributed by atoms with Crippen LogP contribution in [0.1, 0.15) is 63.6 Å². The van der Waals surface area contributed by atoms with Crippen molar-refractivity contribution in [3.63, 3.8) is 0 Å². The van der Waals surface area contributed by atoms with Gasteiger partial charge in [0.05, 0.1) is 0 Å². The Morgan fingerprint density at radius 3 is 2.83 bits per heavy atom. The molecule has 0 aliphatic heterocycles. The molecule has 3 rings (SSSR count). The van der Waals surface area contributed by atoms with E-state index < -0.39 is 0 Å². The van der Waals surface area contributed by atoms with Crippen LogP contribution in [-0.2, 0) is 11.2 Å². The van der Waals surface area contributed by atoms with Gasteiger partial charge >= 0.3 is 0 Å². The maximum Gasteiger partial charge on any atom is 0.227 e. The lowest BCUT2D eigenvalue weighted by Gasteiger charge is -2.18. The molecule has 2 aliphatic rings. The number of carbonyl (C=O) groups is 1. The highest BCUT2D eigenvalue weighted by atomic mass is 16.5. The zero-order valence-corrected chi connectivity index (χ0v) is 11.1. The molecular formula is C14H20N2O2. The summed E-state index contributed by atoms with van der Waals surface area (Å²) in [4.78, 5) is 16.2. The lowest BCUT2D eigenvalue weighted by atomic mass is 9.86. The number of carbonyl (C=O) groups excluding carboxylic acids is 1. The Bertz CT molecular complexity index is 464. The summed E-state index contributed by atoms with van der Waals surface area (Å²) in [6.07, 6.45) is 5.66. The Morgan fingerprint density at radius 1 is 1.39 bits per heavy atom. The maximum absolute atomic E-state index is 11.8. The van der Waals surface area contributed by atoms with E-state index in [0.29, 0.717) is 29.4 Å². The summed E-state index contributed by atoms with van der Waals surface area (Å²) in [6, 6.07) is 0. The summed E-state index contributed by atoms with van der Waals surface area (Å²) in [7, 11) is 0. The molecule has 1 aromatic heterocycles. The summed E-state index contributed by atoms with van der Waals surface area (Å²) < 4.78 is 5.30. The standard InChI is InChI=1S/C14H20N2O2/c1-14(2)8-10(14)13-15-12(18-16-13)7-9-5-3-4-6-11(9)17/h9-10H,3-8H2,1-2H3. The molecule has 0 bridgehead atoms. The number of rotatable bonds is 3. The Balaban J connectivity index is 1.65. The monoisotopic (exact) mass is 248 g/mol. The second-order valence-electron chi connectivity index (χ2n) is 6.40. The van der Waals surface area contributed by atoms with Gasteiger partial charge in [0.25, 0.3) is 0 Å². The van der Waals surface area contributed by atoms with Crippen molar-refractivity contribution < 1.29 is 9.32 Å². The van der Waals surface area contributed by atoms with Crippen molar-refractivity contribution in [1.82, 2.24) is 10.1 Å². The molecule has 0 radical (unpaired) electrons. The van der Waals surface area contributed by atoms with Crippen molar-refractivity contribution in [1.29, 1.82) is 0 Å². The second-order valence-corrected chi connectivity index (χ2v) is 6.40. The lowest BCUT2D eigenvalue weighted by Crippen LogP contribution is -2.21. The number of hydrogen-bond donors (Lipinski definition) is 0. The van der Waals surface area contributed by atoms with Gasteiger partial charge in [-0.3, -0.25) is 4.79 Å². The summed E-state index contributed by atoms with van der Waals surface area (Å²) in [5.74, 6) is 2.40. The average molecular weight is 248 g/mol. The first-order valence-electron chi connectivity index (χ1n) is 6.91. The second kappa shape index (κ2) is 4.18. The zero-order valence-electron chi connectivity index (χ0n) is 11.1. The first kappa shape index (κ1) is 11.9. The molecule has 4 nitrogen and oxygen atoms in total. The molecule has 98 valence electrons. The molecule has 2 fully saturated rings. The molecule has 2 saturated carbocycles. The van der Waals surface area contributed by atoms with Crippen molar-refractivity contribution >= 4 is 5.78 Å². The van der Waals surface area contributed by atoms with Gasteiger partial charge in [-0.25, -0.2) is 0 Å². The van der Waals surface area contributed by atoms with Crippen LogP contribution in [0.5, 0.6) is 0 Å². The molecule has 2 aliphatic carbocycles. The highest BCUT2D eigenvalue weighted by Crippen LogP contribution is 2.57. The van der Waals surface area contributed by atoms with E-state index in [2.05, 4.69) is 24.0 Å². The van der Waals surface area contributed by atoms with Crippen LogP contribution in [0.3, 0.4) is 0 Å². The molecule has 0 amide bonds. The summed E-state index contributed by atoms with van der Waals surface area (Å²) >= 11 is 0. The third-order valence-electron chi connectivity index (χ3n) is 4.41. The van der Waals surface area contributed by atoms with Crippen molar-refractivity contribution in [2.45, 2.75) is 58.3 Å². The molecule has 1 aromatic rings. The number of nitrogens with zero attached hydrogens (tertiary/aromatic N) is 2. The molecule has 0 aromatic carbocycles. The predicted molar refractivity (Wildman–Crippen MR) is 66.1 cm³/mol. The SMILES string of the molecule is CC1(C)CC1c1noc(CC2CCCCC2=O)n1. The minimum absolute atomic E-state index is 0.110. The maximum atomic E-state index is 11.8. The summed E-state index contributed by atoms with van der Waals surface area (Å²) in [5, 5.41) is 4.07. The minimum Gasteiger partial charge on any atom is -0.339 e. The van der Waals surface area contributed by atoms with Crippen LogP contribution in [0.25, 0.3) is 0 Å². The smallest absolute Gasteiger partial charge is 0.227 e. The van der Waals surface area contributed by atoms with Gasteiger partial charge in [-0.15, -0.1) is 0 Å². The predicted octanol–water partition coefficient (Wildman–Crippen LogP) is 2.88.